The number of aromatic nitrogens is 1. The minimum absolute atomic E-state index is 0.0427. The van der Waals surface area contributed by atoms with Gasteiger partial charge >= 0.3 is 0 Å². The van der Waals surface area contributed by atoms with Crippen molar-refractivity contribution >= 4 is 39.1 Å². The zero-order valence-corrected chi connectivity index (χ0v) is 18.5. The zero-order chi connectivity index (χ0) is 20.9. The van der Waals surface area contributed by atoms with Gasteiger partial charge in [0.1, 0.15) is 17.4 Å². The number of rotatable bonds is 7. The number of ether oxygens (including phenoxy) is 2. The Morgan fingerprint density at radius 2 is 2.03 bits per heavy atom. The van der Waals surface area contributed by atoms with Gasteiger partial charge in [-0.1, -0.05) is 48.4 Å². The van der Waals surface area contributed by atoms with Gasteiger partial charge in [-0.05, 0) is 36.8 Å². The van der Waals surface area contributed by atoms with Gasteiger partial charge < -0.3 is 14.4 Å². The summed E-state index contributed by atoms with van der Waals surface area (Å²) >= 11 is 7.71. The van der Waals surface area contributed by atoms with Crippen molar-refractivity contribution in [3.8, 4) is 10.9 Å². The predicted octanol–water partition coefficient (Wildman–Crippen LogP) is 5.81. The third kappa shape index (κ3) is 4.87. The second-order valence-electron chi connectivity index (χ2n) is 7.41. The molecule has 7 heteroatoms. The first-order valence-electron chi connectivity index (χ1n) is 10.4. The summed E-state index contributed by atoms with van der Waals surface area (Å²) < 4.78 is 12.8. The van der Waals surface area contributed by atoms with Gasteiger partial charge in [0, 0.05) is 31.5 Å². The third-order valence-corrected chi connectivity index (χ3v) is 6.41. The molecule has 1 saturated heterocycles. The molecule has 3 aromatic rings. The normalized spacial score (nSPS) is 14.8. The lowest BCUT2D eigenvalue weighted by Gasteiger charge is -2.31. The molecule has 1 aliphatic rings. The van der Waals surface area contributed by atoms with Crippen LogP contribution >= 0.6 is 22.9 Å². The predicted molar refractivity (Wildman–Crippen MR) is 121 cm³/mol. The SMILES string of the molecule is CCCCOc1cccc(C(=O)N2CCC(Oc3nc4c(Cl)cccc4s3)CC2)c1. The highest BCUT2D eigenvalue weighted by molar-refractivity contribution is 7.20. The molecule has 0 aliphatic carbocycles. The second kappa shape index (κ2) is 9.67. The summed E-state index contributed by atoms with van der Waals surface area (Å²) in [7, 11) is 0. The first-order chi connectivity index (χ1) is 14.6. The number of hydrogen-bond donors (Lipinski definition) is 0. The number of hydrogen-bond acceptors (Lipinski definition) is 5. The lowest BCUT2D eigenvalue weighted by atomic mass is 10.1. The van der Waals surface area contributed by atoms with Gasteiger partial charge in [0.2, 0.25) is 0 Å². The van der Waals surface area contributed by atoms with Crippen molar-refractivity contribution in [2.45, 2.75) is 38.7 Å². The lowest BCUT2D eigenvalue weighted by Crippen LogP contribution is -2.41. The third-order valence-electron chi connectivity index (χ3n) is 5.19. The summed E-state index contributed by atoms with van der Waals surface area (Å²) in [5.74, 6) is 0.795. The fourth-order valence-electron chi connectivity index (χ4n) is 3.50. The molecule has 1 aliphatic heterocycles. The Hall–Kier alpha value is -2.31. The number of amides is 1. The van der Waals surface area contributed by atoms with Crippen molar-refractivity contribution in [1.29, 1.82) is 0 Å². The highest BCUT2D eigenvalue weighted by Crippen LogP contribution is 2.33. The molecule has 2 heterocycles. The van der Waals surface area contributed by atoms with Crippen LogP contribution in [0.5, 0.6) is 10.9 Å². The quantitative estimate of drug-likeness (QED) is 0.431. The molecule has 0 bridgehead atoms. The molecule has 2 aromatic carbocycles. The van der Waals surface area contributed by atoms with Crippen molar-refractivity contribution in [2.75, 3.05) is 19.7 Å². The number of para-hydroxylation sites is 1. The van der Waals surface area contributed by atoms with Crippen molar-refractivity contribution in [3.63, 3.8) is 0 Å². The number of nitrogens with zero attached hydrogens (tertiary/aromatic N) is 2. The van der Waals surface area contributed by atoms with E-state index in [4.69, 9.17) is 21.1 Å². The van der Waals surface area contributed by atoms with Crippen LogP contribution in [0.4, 0.5) is 0 Å². The molecule has 30 heavy (non-hydrogen) atoms. The second-order valence-corrected chi connectivity index (χ2v) is 8.81. The summed E-state index contributed by atoms with van der Waals surface area (Å²) in [6.45, 7) is 4.13. The molecule has 1 aromatic heterocycles. The standard InChI is InChI=1S/C23H25ClN2O3S/c1-2-3-14-28-18-7-4-6-16(15-18)22(27)26-12-10-17(11-13-26)29-23-25-21-19(24)8-5-9-20(21)30-23/h4-9,15,17H,2-3,10-14H2,1H3. The van der Waals surface area contributed by atoms with Gasteiger partial charge in [-0.15, -0.1) is 0 Å². The number of halogens is 1. The van der Waals surface area contributed by atoms with Crippen molar-refractivity contribution < 1.29 is 14.3 Å². The summed E-state index contributed by atoms with van der Waals surface area (Å²) in [6, 6.07) is 13.2. The maximum absolute atomic E-state index is 12.9. The van der Waals surface area contributed by atoms with Crippen LogP contribution in [0, 0.1) is 0 Å². The number of thiazole rings is 1. The lowest BCUT2D eigenvalue weighted by molar-refractivity contribution is 0.0595. The topological polar surface area (TPSA) is 51.7 Å². The van der Waals surface area contributed by atoms with Crippen LogP contribution in [-0.4, -0.2) is 41.6 Å². The maximum atomic E-state index is 12.9. The van der Waals surface area contributed by atoms with E-state index in [1.165, 1.54) is 11.3 Å². The van der Waals surface area contributed by atoms with E-state index in [1.54, 1.807) is 0 Å². The van der Waals surface area contributed by atoms with Gasteiger partial charge in [-0.3, -0.25) is 4.79 Å². The molecule has 0 radical (unpaired) electrons. The molecule has 0 spiro atoms. The Bertz CT molecular complexity index is 1010. The molecule has 5 nitrogen and oxygen atoms in total. The first-order valence-corrected chi connectivity index (χ1v) is 11.6. The highest BCUT2D eigenvalue weighted by Gasteiger charge is 2.25. The molecule has 0 N–H and O–H groups in total. The molecular weight excluding hydrogens is 420 g/mol. The zero-order valence-electron chi connectivity index (χ0n) is 17.0. The van der Waals surface area contributed by atoms with E-state index >= 15 is 0 Å². The number of likely N-dealkylation sites (tertiary alicyclic amines) is 1. The molecule has 4 rings (SSSR count). The smallest absolute Gasteiger partial charge is 0.274 e. The molecule has 0 atom stereocenters. The molecule has 0 unspecified atom stereocenters. The minimum atomic E-state index is 0.0427. The van der Waals surface area contributed by atoms with Crippen LogP contribution in [0.1, 0.15) is 43.0 Å². The van der Waals surface area contributed by atoms with Gasteiger partial charge in [-0.25, -0.2) is 4.98 Å². The van der Waals surface area contributed by atoms with Crippen LogP contribution in [-0.2, 0) is 0 Å². The molecule has 158 valence electrons. The van der Waals surface area contributed by atoms with E-state index in [0.29, 0.717) is 35.5 Å². The molecule has 0 saturated carbocycles. The molecule has 1 fully saturated rings. The maximum Gasteiger partial charge on any atom is 0.274 e. The fraction of sp³-hybridized carbons (Fsp3) is 0.391. The Labute approximate surface area is 185 Å². The van der Waals surface area contributed by atoms with Crippen LogP contribution in [0.15, 0.2) is 42.5 Å². The number of fused-ring (bicyclic) bond motifs is 1. The van der Waals surface area contributed by atoms with E-state index in [-0.39, 0.29) is 12.0 Å². The Kier molecular flexibility index (Phi) is 6.75. The van der Waals surface area contributed by atoms with Gasteiger partial charge in [-0.2, -0.15) is 0 Å². The summed E-state index contributed by atoms with van der Waals surface area (Å²) in [6.07, 6.45) is 3.70. The fourth-order valence-corrected chi connectivity index (χ4v) is 4.68. The van der Waals surface area contributed by atoms with Crippen LogP contribution < -0.4 is 9.47 Å². The van der Waals surface area contributed by atoms with E-state index < -0.39 is 0 Å². The summed E-state index contributed by atoms with van der Waals surface area (Å²) in [4.78, 5) is 19.3. The van der Waals surface area contributed by atoms with Crippen molar-refractivity contribution in [2.24, 2.45) is 0 Å². The van der Waals surface area contributed by atoms with E-state index in [0.717, 1.165) is 41.6 Å². The number of unbranched alkanes of at least 4 members (excludes halogenated alkanes) is 1. The number of piperidine rings is 1. The van der Waals surface area contributed by atoms with E-state index in [9.17, 15) is 4.79 Å². The highest BCUT2D eigenvalue weighted by atomic mass is 35.5. The van der Waals surface area contributed by atoms with Crippen LogP contribution in [0.2, 0.25) is 5.02 Å². The Balaban J connectivity index is 1.33. The minimum Gasteiger partial charge on any atom is -0.494 e. The van der Waals surface area contributed by atoms with E-state index in [2.05, 4.69) is 11.9 Å². The Morgan fingerprint density at radius 1 is 1.23 bits per heavy atom. The Morgan fingerprint density at radius 3 is 2.80 bits per heavy atom. The molecular formula is C23H25ClN2O3S. The number of carbonyl (C=O) groups is 1. The monoisotopic (exact) mass is 444 g/mol. The summed E-state index contributed by atoms with van der Waals surface area (Å²) in [5.41, 5.74) is 1.46. The first kappa shape index (κ1) is 20.9. The largest absolute Gasteiger partial charge is 0.494 e. The van der Waals surface area contributed by atoms with Crippen molar-refractivity contribution in [1.82, 2.24) is 9.88 Å². The van der Waals surface area contributed by atoms with Gasteiger partial charge in [0.25, 0.3) is 11.1 Å². The number of benzene rings is 2. The average molecular weight is 445 g/mol. The van der Waals surface area contributed by atoms with E-state index in [1.807, 2.05) is 47.4 Å². The van der Waals surface area contributed by atoms with Crippen molar-refractivity contribution in [3.05, 3.63) is 53.1 Å². The van der Waals surface area contributed by atoms with Gasteiger partial charge in [0.05, 0.1) is 16.3 Å². The molecule has 1 amide bonds. The average Bonchev–Trinajstić information content (AvgIpc) is 3.18. The number of carbonyl (C=O) groups excluding carboxylic acids is 1. The van der Waals surface area contributed by atoms with Crippen LogP contribution in [0.25, 0.3) is 10.2 Å². The van der Waals surface area contributed by atoms with Crippen LogP contribution in [0.3, 0.4) is 0 Å². The summed E-state index contributed by atoms with van der Waals surface area (Å²) in [5, 5.41) is 1.28. The van der Waals surface area contributed by atoms with Gasteiger partial charge in [0.15, 0.2) is 0 Å².